The molecule has 63 heavy (non-hydrogen) atoms. The fourth-order valence-corrected chi connectivity index (χ4v) is 10.7. The molecule has 3 aromatic rings. The van der Waals surface area contributed by atoms with Crippen LogP contribution in [0.5, 0.6) is 0 Å². The van der Waals surface area contributed by atoms with Gasteiger partial charge in [0.15, 0.2) is 0 Å². The summed E-state index contributed by atoms with van der Waals surface area (Å²) in [5, 5.41) is 0.305. The van der Waals surface area contributed by atoms with Gasteiger partial charge in [-0.15, -0.1) is 0 Å². The third-order valence-corrected chi connectivity index (χ3v) is 13.9. The van der Waals surface area contributed by atoms with Gasteiger partial charge in [0.1, 0.15) is 16.5 Å². The third kappa shape index (κ3) is 14.8. The summed E-state index contributed by atoms with van der Waals surface area (Å²) in [5.74, 6) is -0.933. The second-order valence-corrected chi connectivity index (χ2v) is 18.6. The molecule has 2 aromatic carbocycles. The average molecular weight is 809 g/mol. The Kier molecular flexibility index (Phi) is 22.8. The number of aromatic nitrogens is 1. The number of pyridine rings is 1. The van der Waals surface area contributed by atoms with Crippen LogP contribution in [0, 0.1) is 18.6 Å². The Bertz CT molecular complexity index is 1970. The Morgan fingerprint density at radius 3 is 1.57 bits per heavy atom. The normalized spacial score (nSPS) is 12.8. The van der Waals surface area contributed by atoms with E-state index in [2.05, 4.69) is 4.98 Å². The number of nitrogens with zero attached hydrogens (tertiary/aromatic N) is 2. The van der Waals surface area contributed by atoms with E-state index in [1.807, 2.05) is 0 Å². The van der Waals surface area contributed by atoms with Gasteiger partial charge in [0.2, 0.25) is 0 Å². The van der Waals surface area contributed by atoms with Crippen LogP contribution in [0.3, 0.4) is 0 Å². The van der Waals surface area contributed by atoms with Crippen LogP contribution in [-0.4, -0.2) is 247 Å². The van der Waals surface area contributed by atoms with E-state index >= 15 is 0 Å². The first-order chi connectivity index (χ1) is 29.2. The number of halogens is 3. The molecule has 0 bridgehead atoms. The summed E-state index contributed by atoms with van der Waals surface area (Å²) in [4.78, 5) is 4.15. The van der Waals surface area contributed by atoms with E-state index in [4.69, 9.17) is 143 Å². The summed E-state index contributed by atoms with van der Waals surface area (Å²) >= 11 is 5.83. The Hall–Kier alpha value is -0.432. The minimum atomic E-state index is -3.99. The largest absolute Gasteiger partial charge is 0.266 e. The van der Waals surface area contributed by atoms with Gasteiger partial charge in [0, 0.05) is 250 Å². The predicted octanol–water partition coefficient (Wildman–Crippen LogP) is -6.72. The van der Waals surface area contributed by atoms with E-state index in [1.165, 1.54) is 34.8 Å². The molecule has 34 radical (unpaired) electrons. The molecule has 2 heterocycles. The average Bonchev–Trinajstić information content (AvgIpc) is 3.16. The Morgan fingerprint density at radius 1 is 0.651 bits per heavy atom. The second kappa shape index (κ2) is 25.3. The first-order valence-corrected chi connectivity index (χ1v) is 22.1. The van der Waals surface area contributed by atoms with E-state index in [-0.39, 0.29) is 4.90 Å². The summed E-state index contributed by atoms with van der Waals surface area (Å²) in [6, 6.07) is 11.3. The minimum absolute atomic E-state index is 0.0397. The predicted molar refractivity (Wildman–Crippen MR) is 301 cm³/mol. The molecule has 4 nitrogen and oxygen atoms in total. The smallest absolute Gasteiger partial charge is 0.263 e. The zero-order chi connectivity index (χ0) is 47.8. The highest BCUT2D eigenvalue weighted by Gasteiger charge is 2.53. The van der Waals surface area contributed by atoms with Crippen molar-refractivity contribution in [3.05, 3.63) is 88.2 Å². The van der Waals surface area contributed by atoms with Crippen molar-refractivity contribution in [2.75, 3.05) is 4.31 Å². The molecule has 0 amide bonds. The minimum Gasteiger partial charge on any atom is -0.263 e. The molecule has 1 aliphatic rings. The SMILES string of the molecule is Cc1ccc(S(=O)(=O)N2c3cc(F)ccc3CCC2CCc2ccc(Cl)cc2F)cn1.[B]B([B])B([B])B(B([B])[B])B(B(B([B])[B])B([B])[B])B(B(B([B])[B])B([B])[B])B(B([B])[B])B([B])[B]. The number of benzene rings is 2. The van der Waals surface area contributed by atoms with E-state index in [9.17, 15) is 17.2 Å². The molecule has 0 saturated heterocycles. The Balaban J connectivity index is 0.000000335. The zero-order valence-corrected chi connectivity index (χ0v) is 36.9. The highest BCUT2D eigenvalue weighted by atomic mass is 35.5. The maximum atomic E-state index is 14.3. The van der Waals surface area contributed by atoms with Gasteiger partial charge in [-0.05, 0) is 80.1 Å². The molecular weight excluding hydrogens is 788 g/mol. The maximum Gasteiger partial charge on any atom is 0.266 e. The number of fused-ring (bicyclic) bond motifs is 1. The number of anilines is 1. The van der Waals surface area contributed by atoms with E-state index in [0.717, 1.165) is 5.56 Å². The summed E-state index contributed by atoms with van der Waals surface area (Å²) in [6.45, 7) is 1.77. The van der Waals surface area contributed by atoms with Crippen molar-refractivity contribution in [3.8, 4) is 0 Å². The van der Waals surface area contributed by atoms with Gasteiger partial charge in [-0.25, -0.2) is 17.2 Å². The van der Waals surface area contributed by atoms with Crippen molar-refractivity contribution < 1.29 is 17.2 Å². The van der Waals surface area contributed by atoms with Gasteiger partial charge < -0.3 is 0 Å². The molecule has 0 fully saturated rings. The van der Waals surface area contributed by atoms with E-state index in [0.29, 0.717) is 47.7 Å². The molecule has 1 aliphatic heterocycles. The van der Waals surface area contributed by atoms with Crippen molar-refractivity contribution in [2.45, 2.75) is 43.5 Å². The summed E-state index contributed by atoms with van der Waals surface area (Å²) in [6.07, 6.45) is -12.0. The fraction of sp³-hybridized carbons (Fsp3) is 0.261. The van der Waals surface area contributed by atoms with Crippen molar-refractivity contribution in [1.29, 1.82) is 0 Å². The molecule has 1 aromatic heterocycles. The lowest BCUT2D eigenvalue weighted by Crippen LogP contribution is -2.89. The summed E-state index contributed by atoms with van der Waals surface area (Å²) in [7, 11) is 99.2. The van der Waals surface area contributed by atoms with Crippen LogP contribution in [-0.2, 0) is 22.9 Å². The molecule has 0 aliphatic carbocycles. The van der Waals surface area contributed by atoms with Crippen molar-refractivity contribution >= 4 is 255 Å². The zero-order valence-electron chi connectivity index (χ0n) is 35.3. The van der Waals surface area contributed by atoms with Crippen LogP contribution >= 0.6 is 11.6 Å². The highest BCUT2D eigenvalue weighted by molar-refractivity contribution is 8.28. The van der Waals surface area contributed by atoms with Gasteiger partial charge in [-0.1, -0.05) is 23.7 Å². The lowest BCUT2D eigenvalue weighted by atomic mass is 8.30. The molecule has 4 rings (SSSR count). The van der Waals surface area contributed by atoms with Crippen molar-refractivity contribution in [1.82, 2.24) is 4.98 Å². The lowest BCUT2D eigenvalue weighted by molar-refractivity contribution is 0.515. The highest BCUT2D eigenvalue weighted by Crippen LogP contribution is 2.37. The summed E-state index contributed by atoms with van der Waals surface area (Å²) < 4.78 is 56.8. The second-order valence-electron chi connectivity index (χ2n) is 16.3. The van der Waals surface area contributed by atoms with Crippen LogP contribution in [0.15, 0.2) is 59.6 Å². The van der Waals surface area contributed by atoms with Crippen LogP contribution < -0.4 is 4.31 Å². The van der Waals surface area contributed by atoms with Crippen LogP contribution in [0.25, 0.3) is 0 Å². The van der Waals surface area contributed by atoms with E-state index < -0.39 is 123 Å². The standard InChI is InChI=1S/C23H21ClF2N2O2S.B32/c1-15-2-11-21(14-27-15)31(29,30)28-20(9-5-16-3-7-18(24)12-22(16)26)10-6-17-4-8-19(25)13-23(17)28;1-18(2)26(17)30(25(15)16)32(29(23(11)12)24(13)14)31(27(19(3)4)20(5)6)28(21(7)8)22(9)10/h2-4,7-8,11-14,20H,5-6,9-10H2,1H3;. The van der Waals surface area contributed by atoms with Gasteiger partial charge in [-0.2, -0.15) is 0 Å². The van der Waals surface area contributed by atoms with Crippen LogP contribution in [0.2, 0.25) is 5.02 Å². The molecule has 40 heteroatoms. The number of rotatable bonds is 19. The van der Waals surface area contributed by atoms with Crippen LogP contribution in [0.4, 0.5) is 14.5 Å². The van der Waals surface area contributed by atoms with Crippen molar-refractivity contribution in [3.63, 3.8) is 0 Å². The number of sulfonamides is 1. The number of aryl methyl sites for hydroxylation is 3. The molecule has 1 unspecified atom stereocenters. The molecule has 258 valence electrons. The van der Waals surface area contributed by atoms with Gasteiger partial charge >= 0.3 is 0 Å². The van der Waals surface area contributed by atoms with Crippen LogP contribution in [0.1, 0.15) is 29.7 Å². The van der Waals surface area contributed by atoms with Gasteiger partial charge in [0.05, 0.1) is 5.69 Å². The lowest BCUT2D eigenvalue weighted by Gasteiger charge is -2.51. The van der Waals surface area contributed by atoms with Gasteiger partial charge in [-0.3, -0.25) is 9.29 Å². The third-order valence-electron chi connectivity index (χ3n) is 11.8. The molecular formula is C23H21B32ClF2N2O2S. The quantitative estimate of drug-likeness (QED) is 0.113. The Labute approximate surface area is 410 Å². The monoisotopic (exact) mass is 814 g/mol. The number of hydrogen-bond donors (Lipinski definition) is 0. The molecule has 0 N–H and O–H groups in total. The molecule has 1 atom stereocenters. The topological polar surface area (TPSA) is 50.3 Å². The fourth-order valence-electron chi connectivity index (χ4n) is 8.82. The first-order valence-electron chi connectivity index (χ1n) is 20.3. The Morgan fingerprint density at radius 2 is 1.14 bits per heavy atom. The van der Waals surface area contributed by atoms with Gasteiger partial charge in [0.25, 0.3) is 10.0 Å². The summed E-state index contributed by atoms with van der Waals surface area (Å²) in [5.41, 5.74) is 2.25. The molecule has 0 saturated carbocycles. The molecule has 0 spiro atoms. The van der Waals surface area contributed by atoms with E-state index in [1.54, 1.807) is 31.2 Å². The maximum absolute atomic E-state index is 14.3. The van der Waals surface area contributed by atoms with Crippen molar-refractivity contribution in [2.24, 2.45) is 0 Å². The first kappa shape index (κ1) is 56.9. The number of hydrogen-bond acceptors (Lipinski definition) is 3.